The van der Waals surface area contributed by atoms with Crippen LogP contribution in [-0.4, -0.2) is 39.9 Å². The first-order chi connectivity index (χ1) is 11.8. The Morgan fingerprint density at radius 1 is 1.32 bits per heavy atom. The molecule has 0 bridgehead atoms. The van der Waals surface area contributed by atoms with E-state index in [1.165, 1.54) is 6.07 Å². The number of rotatable bonds is 6. The number of carbonyl (C=O) groups excluding carboxylic acids is 2. The van der Waals surface area contributed by atoms with Gasteiger partial charge < -0.3 is 10.4 Å². The molecule has 25 heavy (non-hydrogen) atoms. The van der Waals surface area contributed by atoms with E-state index in [9.17, 15) is 14.4 Å². The molecule has 1 aliphatic heterocycles. The molecule has 2 amide bonds. The molecule has 0 aliphatic carbocycles. The van der Waals surface area contributed by atoms with Crippen molar-refractivity contribution in [2.24, 2.45) is 15.2 Å². The predicted molar refractivity (Wildman–Crippen MR) is 95.5 cm³/mol. The standard InChI is InChI=1S/C14H12Cl2N4O4S/c15-7-1-2-8(16)10(5-7)17-11(21)6-25-14-18-13(24)9(19-20-14)3-4-12(22)23/h1-2,5,9H,3-4,6H2,(H,17,21)(H,22,23). The Hall–Kier alpha value is -1.97. The molecular weight excluding hydrogens is 391 g/mol. The van der Waals surface area contributed by atoms with Gasteiger partial charge in [-0.3, -0.25) is 14.4 Å². The fraction of sp³-hybridized carbons (Fsp3) is 0.286. The second-order valence-electron chi connectivity index (χ2n) is 4.86. The van der Waals surface area contributed by atoms with E-state index >= 15 is 0 Å². The monoisotopic (exact) mass is 402 g/mol. The van der Waals surface area contributed by atoms with Crippen LogP contribution in [0.1, 0.15) is 12.8 Å². The third-order valence-corrected chi connectivity index (χ3v) is 4.34. The lowest BCUT2D eigenvalue weighted by Gasteiger charge is -2.11. The Kier molecular flexibility index (Phi) is 6.91. The number of carbonyl (C=O) groups is 3. The van der Waals surface area contributed by atoms with Crippen LogP contribution < -0.4 is 5.32 Å². The van der Waals surface area contributed by atoms with Gasteiger partial charge in [0.15, 0.2) is 6.04 Å². The number of aliphatic carboxylic acids is 1. The number of benzene rings is 1. The Morgan fingerprint density at radius 3 is 2.76 bits per heavy atom. The number of hydrogen-bond acceptors (Lipinski definition) is 6. The van der Waals surface area contributed by atoms with Crippen molar-refractivity contribution in [2.45, 2.75) is 18.9 Å². The second kappa shape index (κ2) is 8.93. The highest BCUT2D eigenvalue weighted by Crippen LogP contribution is 2.25. The molecule has 1 aliphatic rings. The Morgan fingerprint density at radius 2 is 2.08 bits per heavy atom. The minimum Gasteiger partial charge on any atom is -0.481 e. The molecule has 8 nitrogen and oxygen atoms in total. The van der Waals surface area contributed by atoms with E-state index in [0.717, 1.165) is 11.8 Å². The highest BCUT2D eigenvalue weighted by Gasteiger charge is 2.23. The normalized spacial score (nSPS) is 16.5. The van der Waals surface area contributed by atoms with Crippen molar-refractivity contribution in [2.75, 3.05) is 11.1 Å². The summed E-state index contributed by atoms with van der Waals surface area (Å²) in [4.78, 5) is 37.9. The molecule has 1 atom stereocenters. The van der Waals surface area contributed by atoms with E-state index in [2.05, 4.69) is 20.5 Å². The van der Waals surface area contributed by atoms with E-state index < -0.39 is 17.9 Å². The van der Waals surface area contributed by atoms with Crippen LogP contribution in [0, 0.1) is 0 Å². The molecule has 0 radical (unpaired) electrons. The number of amidine groups is 1. The molecule has 11 heteroatoms. The number of amides is 2. The van der Waals surface area contributed by atoms with E-state index in [-0.39, 0.29) is 29.7 Å². The quantitative estimate of drug-likeness (QED) is 0.756. The summed E-state index contributed by atoms with van der Waals surface area (Å²) < 4.78 is 0. The first-order valence-corrected chi connectivity index (χ1v) is 8.72. The molecule has 0 spiro atoms. The molecule has 0 aromatic heterocycles. The van der Waals surface area contributed by atoms with E-state index in [1.54, 1.807) is 12.1 Å². The minimum absolute atomic E-state index is 0.0346. The Balaban J connectivity index is 1.85. The van der Waals surface area contributed by atoms with Crippen molar-refractivity contribution in [1.29, 1.82) is 0 Å². The number of hydrogen-bond donors (Lipinski definition) is 2. The number of aliphatic imine (C=N–C) groups is 1. The lowest BCUT2D eigenvalue weighted by molar-refractivity contribution is -0.137. The van der Waals surface area contributed by atoms with Gasteiger partial charge >= 0.3 is 5.97 Å². The Labute approximate surface area is 156 Å². The maximum Gasteiger partial charge on any atom is 0.303 e. The summed E-state index contributed by atoms with van der Waals surface area (Å²) in [7, 11) is 0. The van der Waals surface area contributed by atoms with Crippen molar-refractivity contribution < 1.29 is 19.5 Å². The van der Waals surface area contributed by atoms with Gasteiger partial charge in [-0.2, -0.15) is 10.1 Å². The zero-order chi connectivity index (χ0) is 18.4. The van der Waals surface area contributed by atoms with Crippen molar-refractivity contribution in [3.63, 3.8) is 0 Å². The summed E-state index contributed by atoms with van der Waals surface area (Å²) in [6.07, 6.45) is -0.164. The van der Waals surface area contributed by atoms with Gasteiger partial charge in [-0.25, -0.2) is 0 Å². The third kappa shape index (κ3) is 6.11. The van der Waals surface area contributed by atoms with Gasteiger partial charge in [-0.05, 0) is 24.6 Å². The molecule has 0 saturated heterocycles. The number of nitrogens with one attached hydrogen (secondary N) is 1. The van der Waals surface area contributed by atoms with E-state index in [1.807, 2.05) is 0 Å². The SMILES string of the molecule is O=C(O)CCC1N=NC(SCC(=O)Nc2cc(Cl)ccc2Cl)=NC1=O. The summed E-state index contributed by atoms with van der Waals surface area (Å²) in [6.45, 7) is 0. The zero-order valence-corrected chi connectivity index (χ0v) is 14.9. The molecule has 2 N–H and O–H groups in total. The van der Waals surface area contributed by atoms with Crippen LogP contribution in [0.15, 0.2) is 33.4 Å². The van der Waals surface area contributed by atoms with Crippen LogP contribution in [0.5, 0.6) is 0 Å². The van der Waals surface area contributed by atoms with E-state index in [4.69, 9.17) is 28.3 Å². The summed E-state index contributed by atoms with van der Waals surface area (Å²) in [6, 6.07) is 3.78. The predicted octanol–water partition coefficient (Wildman–Crippen LogP) is 3.25. The maximum atomic E-state index is 11.9. The van der Waals surface area contributed by atoms with Crippen molar-refractivity contribution in [3.8, 4) is 0 Å². The van der Waals surface area contributed by atoms with Crippen LogP contribution in [0.25, 0.3) is 0 Å². The molecular formula is C14H12Cl2N4O4S. The van der Waals surface area contributed by atoms with Gasteiger partial charge in [0, 0.05) is 11.4 Å². The summed E-state index contributed by atoms with van der Waals surface area (Å²) in [5, 5.41) is 19.5. The number of azo groups is 1. The number of halogens is 2. The summed E-state index contributed by atoms with van der Waals surface area (Å²) >= 11 is 12.7. The smallest absolute Gasteiger partial charge is 0.303 e. The topological polar surface area (TPSA) is 121 Å². The molecule has 2 rings (SSSR count). The van der Waals surface area contributed by atoms with Gasteiger partial charge in [0.1, 0.15) is 0 Å². The molecule has 1 aromatic carbocycles. The summed E-state index contributed by atoms with van der Waals surface area (Å²) in [5.74, 6) is -2.04. The first-order valence-electron chi connectivity index (χ1n) is 6.98. The van der Waals surface area contributed by atoms with Crippen molar-refractivity contribution in [3.05, 3.63) is 28.2 Å². The second-order valence-corrected chi connectivity index (χ2v) is 6.64. The maximum absolute atomic E-state index is 11.9. The number of nitrogens with zero attached hydrogens (tertiary/aromatic N) is 3. The zero-order valence-electron chi connectivity index (χ0n) is 12.6. The minimum atomic E-state index is -1.02. The molecule has 1 aromatic rings. The largest absolute Gasteiger partial charge is 0.481 e. The van der Waals surface area contributed by atoms with E-state index in [0.29, 0.717) is 15.7 Å². The lowest BCUT2D eigenvalue weighted by Crippen LogP contribution is -2.22. The van der Waals surface area contributed by atoms with Gasteiger partial charge in [0.25, 0.3) is 5.91 Å². The fourth-order valence-electron chi connectivity index (χ4n) is 1.77. The number of anilines is 1. The van der Waals surface area contributed by atoms with Crippen LogP contribution in [0.3, 0.4) is 0 Å². The van der Waals surface area contributed by atoms with Crippen molar-refractivity contribution >= 4 is 63.6 Å². The number of thioether (sulfide) groups is 1. The molecule has 0 saturated carbocycles. The number of carboxylic acid groups (broad SMARTS) is 1. The highest BCUT2D eigenvalue weighted by molar-refractivity contribution is 8.14. The first kappa shape index (κ1) is 19.4. The average Bonchev–Trinajstić information content (AvgIpc) is 2.55. The molecule has 1 unspecified atom stereocenters. The average molecular weight is 403 g/mol. The third-order valence-electron chi connectivity index (χ3n) is 2.94. The fourth-order valence-corrected chi connectivity index (χ4v) is 2.70. The Bertz CT molecular complexity index is 769. The van der Waals surface area contributed by atoms with Crippen LogP contribution in [0.4, 0.5) is 5.69 Å². The lowest BCUT2D eigenvalue weighted by atomic mass is 10.1. The number of carboxylic acids is 1. The molecule has 0 fully saturated rings. The van der Waals surface area contributed by atoms with Gasteiger partial charge in [0.05, 0.1) is 16.5 Å². The summed E-state index contributed by atoms with van der Waals surface area (Å²) in [5.41, 5.74) is 0.372. The van der Waals surface area contributed by atoms with Crippen LogP contribution >= 0.6 is 35.0 Å². The molecule has 1 heterocycles. The van der Waals surface area contributed by atoms with Gasteiger partial charge in [0.2, 0.25) is 11.1 Å². The van der Waals surface area contributed by atoms with Crippen molar-refractivity contribution in [1.82, 2.24) is 0 Å². The molecule has 132 valence electrons. The highest BCUT2D eigenvalue weighted by atomic mass is 35.5. The van der Waals surface area contributed by atoms with Crippen LogP contribution in [0.2, 0.25) is 10.0 Å². The van der Waals surface area contributed by atoms with Gasteiger partial charge in [-0.15, -0.1) is 5.11 Å². The van der Waals surface area contributed by atoms with Crippen LogP contribution in [-0.2, 0) is 14.4 Å². The van der Waals surface area contributed by atoms with Gasteiger partial charge in [-0.1, -0.05) is 35.0 Å².